The van der Waals surface area contributed by atoms with Crippen LogP contribution in [0.15, 0.2) is 42.5 Å². The third-order valence-corrected chi connectivity index (χ3v) is 3.79. The number of aliphatic hydroxyl groups is 1. The van der Waals surface area contributed by atoms with Crippen molar-refractivity contribution in [2.24, 2.45) is 5.92 Å². The summed E-state index contributed by atoms with van der Waals surface area (Å²) in [6.45, 7) is -0.112. The number of carbonyl (C=O) groups excluding carboxylic acids is 1. The number of ether oxygens (including phenoxy) is 1. The molecule has 0 saturated carbocycles. The van der Waals surface area contributed by atoms with E-state index in [-0.39, 0.29) is 24.6 Å². The lowest BCUT2D eigenvalue weighted by Gasteiger charge is -2.33. The Balaban J connectivity index is 1.74. The topological polar surface area (TPSA) is 46.5 Å². The zero-order chi connectivity index (χ0) is 13.2. The fraction of sp³-hybridized carbons (Fsp3) is 0.312. The minimum Gasteiger partial charge on any atom is -0.461 e. The van der Waals surface area contributed by atoms with E-state index >= 15 is 0 Å². The largest absolute Gasteiger partial charge is 0.461 e. The summed E-state index contributed by atoms with van der Waals surface area (Å²) in [4.78, 5) is 11.1. The van der Waals surface area contributed by atoms with Gasteiger partial charge in [-0.25, -0.2) is 0 Å². The van der Waals surface area contributed by atoms with Crippen LogP contribution < -0.4 is 0 Å². The van der Waals surface area contributed by atoms with E-state index < -0.39 is 0 Å². The molecule has 1 heterocycles. The fourth-order valence-electron chi connectivity index (χ4n) is 2.66. The second kappa shape index (κ2) is 5.02. The Labute approximate surface area is 111 Å². The molecular formula is C16H16O3. The van der Waals surface area contributed by atoms with Crippen LogP contribution in [0.5, 0.6) is 0 Å². The van der Waals surface area contributed by atoms with Crippen molar-refractivity contribution in [3.05, 3.63) is 48.0 Å². The highest BCUT2D eigenvalue weighted by atomic mass is 16.6. The SMILES string of the molecule is O=C1O[C@@H](CCc2cccc3ccccc23)[C@H]1CO. The molecule has 2 aromatic carbocycles. The molecule has 1 fully saturated rings. The highest BCUT2D eigenvalue weighted by molar-refractivity contribution is 5.85. The van der Waals surface area contributed by atoms with Crippen molar-refractivity contribution in [3.8, 4) is 0 Å². The minimum absolute atomic E-state index is 0.112. The van der Waals surface area contributed by atoms with Gasteiger partial charge in [-0.1, -0.05) is 42.5 Å². The molecule has 1 N–H and O–H groups in total. The van der Waals surface area contributed by atoms with E-state index in [0.717, 1.165) is 12.8 Å². The summed E-state index contributed by atoms with van der Waals surface area (Å²) in [7, 11) is 0. The molecule has 3 heteroatoms. The van der Waals surface area contributed by atoms with Crippen molar-refractivity contribution in [2.45, 2.75) is 18.9 Å². The number of rotatable bonds is 4. The smallest absolute Gasteiger partial charge is 0.315 e. The number of esters is 1. The minimum atomic E-state index is -0.324. The Morgan fingerprint density at radius 3 is 2.68 bits per heavy atom. The molecule has 2 aromatic rings. The predicted octanol–water partition coefficient (Wildman–Crippen LogP) is 2.31. The van der Waals surface area contributed by atoms with Crippen molar-refractivity contribution in [3.63, 3.8) is 0 Å². The molecule has 3 nitrogen and oxygen atoms in total. The van der Waals surface area contributed by atoms with Crippen LogP contribution in [0.4, 0.5) is 0 Å². The molecule has 1 saturated heterocycles. The van der Waals surface area contributed by atoms with Gasteiger partial charge in [0.1, 0.15) is 12.0 Å². The summed E-state index contributed by atoms with van der Waals surface area (Å²) in [5, 5.41) is 11.6. The molecule has 0 aromatic heterocycles. The van der Waals surface area contributed by atoms with Crippen LogP contribution in [0.3, 0.4) is 0 Å². The fourth-order valence-corrected chi connectivity index (χ4v) is 2.66. The molecule has 3 rings (SSSR count). The average molecular weight is 256 g/mol. The normalized spacial score (nSPS) is 22.1. The van der Waals surface area contributed by atoms with Crippen LogP contribution in [0.2, 0.25) is 0 Å². The van der Waals surface area contributed by atoms with Gasteiger partial charge < -0.3 is 9.84 Å². The van der Waals surface area contributed by atoms with E-state index in [0.29, 0.717) is 0 Å². The van der Waals surface area contributed by atoms with E-state index in [1.54, 1.807) is 0 Å². The monoisotopic (exact) mass is 256 g/mol. The first-order valence-corrected chi connectivity index (χ1v) is 6.57. The Morgan fingerprint density at radius 2 is 1.89 bits per heavy atom. The van der Waals surface area contributed by atoms with Crippen molar-refractivity contribution < 1.29 is 14.6 Å². The second-order valence-electron chi connectivity index (χ2n) is 4.94. The van der Waals surface area contributed by atoms with Crippen molar-refractivity contribution >= 4 is 16.7 Å². The summed E-state index contributed by atoms with van der Waals surface area (Å²) in [6.07, 6.45) is 1.50. The van der Waals surface area contributed by atoms with E-state index in [2.05, 4.69) is 24.3 Å². The zero-order valence-electron chi connectivity index (χ0n) is 10.6. The molecule has 0 spiro atoms. The van der Waals surface area contributed by atoms with Crippen LogP contribution in [0.1, 0.15) is 12.0 Å². The van der Waals surface area contributed by atoms with Gasteiger partial charge in [-0.05, 0) is 29.2 Å². The summed E-state index contributed by atoms with van der Waals surface area (Å²) < 4.78 is 5.08. The first kappa shape index (κ1) is 12.2. The third-order valence-electron chi connectivity index (χ3n) is 3.79. The predicted molar refractivity (Wildman–Crippen MR) is 72.7 cm³/mol. The van der Waals surface area contributed by atoms with Crippen LogP contribution in [-0.4, -0.2) is 23.8 Å². The lowest BCUT2D eigenvalue weighted by atomic mass is 9.91. The Kier molecular flexibility index (Phi) is 3.22. The highest BCUT2D eigenvalue weighted by Gasteiger charge is 2.41. The molecule has 0 radical (unpaired) electrons. The molecule has 0 aliphatic carbocycles. The van der Waals surface area contributed by atoms with E-state index in [1.165, 1.54) is 16.3 Å². The number of aliphatic hydroxyl groups excluding tert-OH is 1. The van der Waals surface area contributed by atoms with Crippen molar-refractivity contribution in [1.82, 2.24) is 0 Å². The Bertz CT molecular complexity index is 600. The number of cyclic esters (lactones) is 1. The lowest BCUT2D eigenvalue weighted by molar-refractivity contribution is -0.188. The molecular weight excluding hydrogens is 240 g/mol. The maximum Gasteiger partial charge on any atom is 0.315 e. The number of hydrogen-bond acceptors (Lipinski definition) is 3. The van der Waals surface area contributed by atoms with E-state index in [9.17, 15) is 4.79 Å². The van der Waals surface area contributed by atoms with Crippen molar-refractivity contribution in [2.75, 3.05) is 6.61 Å². The second-order valence-corrected chi connectivity index (χ2v) is 4.94. The number of aryl methyl sites for hydroxylation is 1. The number of benzene rings is 2. The number of hydrogen-bond donors (Lipinski definition) is 1. The van der Waals surface area contributed by atoms with Gasteiger partial charge in [0.25, 0.3) is 0 Å². The van der Waals surface area contributed by atoms with Crippen molar-refractivity contribution in [1.29, 1.82) is 0 Å². The molecule has 1 aliphatic heterocycles. The van der Waals surface area contributed by atoms with Gasteiger partial charge in [-0.15, -0.1) is 0 Å². The highest BCUT2D eigenvalue weighted by Crippen LogP contribution is 2.27. The van der Waals surface area contributed by atoms with Gasteiger partial charge in [-0.3, -0.25) is 4.79 Å². The maximum atomic E-state index is 11.1. The van der Waals surface area contributed by atoms with E-state index in [4.69, 9.17) is 9.84 Å². The molecule has 1 aliphatic rings. The average Bonchev–Trinajstić information content (AvgIpc) is 2.43. The van der Waals surface area contributed by atoms with Gasteiger partial charge in [-0.2, -0.15) is 0 Å². The maximum absolute atomic E-state index is 11.1. The summed E-state index contributed by atoms with van der Waals surface area (Å²) in [5.41, 5.74) is 1.26. The zero-order valence-corrected chi connectivity index (χ0v) is 10.6. The molecule has 0 bridgehead atoms. The van der Waals surface area contributed by atoms with Gasteiger partial charge in [0.15, 0.2) is 0 Å². The van der Waals surface area contributed by atoms with Crippen LogP contribution in [-0.2, 0) is 16.0 Å². The quantitative estimate of drug-likeness (QED) is 0.854. The molecule has 19 heavy (non-hydrogen) atoms. The summed E-state index contributed by atoms with van der Waals surface area (Å²) >= 11 is 0. The van der Waals surface area contributed by atoms with Gasteiger partial charge in [0.2, 0.25) is 0 Å². The molecule has 2 atom stereocenters. The number of carbonyl (C=O) groups is 1. The Morgan fingerprint density at radius 1 is 1.11 bits per heavy atom. The Hall–Kier alpha value is -1.87. The standard InChI is InChI=1S/C16H16O3/c17-10-14-15(19-16(14)18)9-8-12-6-3-5-11-4-1-2-7-13(11)12/h1-7,14-15,17H,8-10H2/t14-,15+/m1/s1. The van der Waals surface area contributed by atoms with Crippen LogP contribution in [0.25, 0.3) is 10.8 Å². The van der Waals surface area contributed by atoms with E-state index in [1.807, 2.05) is 18.2 Å². The van der Waals surface area contributed by atoms with Gasteiger partial charge >= 0.3 is 5.97 Å². The number of fused-ring (bicyclic) bond motifs is 1. The van der Waals surface area contributed by atoms with Gasteiger partial charge in [0.05, 0.1) is 6.61 Å². The first-order chi connectivity index (χ1) is 9.29. The molecule has 0 unspecified atom stereocenters. The third kappa shape index (κ3) is 2.22. The van der Waals surface area contributed by atoms with Crippen LogP contribution >= 0.6 is 0 Å². The summed E-state index contributed by atoms with van der Waals surface area (Å²) in [5.74, 6) is -0.597. The summed E-state index contributed by atoms with van der Waals surface area (Å²) in [6, 6.07) is 14.5. The van der Waals surface area contributed by atoms with Gasteiger partial charge in [0, 0.05) is 0 Å². The molecule has 98 valence electrons. The lowest BCUT2D eigenvalue weighted by Crippen LogP contribution is -2.47. The first-order valence-electron chi connectivity index (χ1n) is 6.57. The molecule has 0 amide bonds. The van der Waals surface area contributed by atoms with Crippen LogP contribution in [0, 0.1) is 5.92 Å².